The molecular weight excluding hydrogens is 274 g/mol. The van der Waals surface area contributed by atoms with E-state index in [4.69, 9.17) is 11.6 Å². The Hall–Kier alpha value is -1.10. The van der Waals surface area contributed by atoms with Crippen molar-refractivity contribution in [1.82, 2.24) is 15.0 Å². The Kier molecular flexibility index (Phi) is 6.99. The summed E-state index contributed by atoms with van der Waals surface area (Å²) < 4.78 is 0. The molecule has 0 bridgehead atoms. The van der Waals surface area contributed by atoms with E-state index in [1.54, 1.807) is 0 Å². The summed E-state index contributed by atoms with van der Waals surface area (Å²) >= 11 is 6.06. The first-order chi connectivity index (χ1) is 9.55. The van der Waals surface area contributed by atoms with Crippen molar-refractivity contribution < 1.29 is 0 Å². The Morgan fingerprint density at radius 2 is 1.40 bits per heavy atom. The summed E-state index contributed by atoms with van der Waals surface area (Å²) in [5.41, 5.74) is 0. The van der Waals surface area contributed by atoms with E-state index in [0.29, 0.717) is 17.8 Å². The fraction of sp³-hybridized carbons (Fsp3) is 0.786. The molecule has 1 aromatic heterocycles. The quantitative estimate of drug-likeness (QED) is 0.737. The van der Waals surface area contributed by atoms with E-state index in [2.05, 4.69) is 59.4 Å². The van der Waals surface area contributed by atoms with Crippen molar-refractivity contribution in [2.24, 2.45) is 5.92 Å². The highest BCUT2D eigenvalue weighted by Gasteiger charge is 2.15. The summed E-state index contributed by atoms with van der Waals surface area (Å²) in [5, 5.41) is 0.263. The van der Waals surface area contributed by atoms with E-state index in [-0.39, 0.29) is 5.28 Å². The summed E-state index contributed by atoms with van der Waals surface area (Å²) in [6, 6.07) is 0. The van der Waals surface area contributed by atoms with E-state index < -0.39 is 0 Å². The van der Waals surface area contributed by atoms with E-state index in [1.165, 1.54) is 0 Å². The molecule has 5 nitrogen and oxygen atoms in total. The summed E-state index contributed by atoms with van der Waals surface area (Å²) in [5.74, 6) is 1.93. The average molecular weight is 300 g/mol. The van der Waals surface area contributed by atoms with Crippen LogP contribution in [0.25, 0.3) is 0 Å². The van der Waals surface area contributed by atoms with Crippen molar-refractivity contribution >= 4 is 23.5 Å². The van der Waals surface area contributed by atoms with Gasteiger partial charge in [-0.25, -0.2) is 0 Å². The SMILES string of the molecule is CCC(C)CN(CC)c1nc(Cl)nc(N(CC)CC)n1. The molecule has 1 rings (SSSR count). The van der Waals surface area contributed by atoms with Crippen LogP contribution >= 0.6 is 11.6 Å². The standard InChI is InChI=1S/C14H26ClN5/c1-6-11(5)10-20(9-4)14-17-12(15)16-13(18-14)19(7-2)8-3/h11H,6-10H2,1-5H3. The molecule has 0 N–H and O–H groups in total. The summed E-state index contributed by atoms with van der Waals surface area (Å²) in [7, 11) is 0. The van der Waals surface area contributed by atoms with Crippen molar-refractivity contribution in [2.75, 3.05) is 36.0 Å². The van der Waals surface area contributed by atoms with Crippen LogP contribution in [0.3, 0.4) is 0 Å². The number of rotatable bonds is 8. The summed E-state index contributed by atoms with van der Waals surface area (Å²) in [4.78, 5) is 17.3. The molecule has 1 atom stereocenters. The highest BCUT2D eigenvalue weighted by atomic mass is 35.5. The summed E-state index contributed by atoms with van der Waals surface area (Å²) in [6.45, 7) is 14.2. The highest BCUT2D eigenvalue weighted by Crippen LogP contribution is 2.18. The van der Waals surface area contributed by atoms with Crippen LogP contribution < -0.4 is 9.80 Å². The molecule has 114 valence electrons. The minimum Gasteiger partial charge on any atom is -0.341 e. The molecule has 0 aromatic carbocycles. The molecule has 20 heavy (non-hydrogen) atoms. The first-order valence-electron chi connectivity index (χ1n) is 7.47. The van der Waals surface area contributed by atoms with Crippen molar-refractivity contribution in [2.45, 2.75) is 41.0 Å². The van der Waals surface area contributed by atoms with Gasteiger partial charge in [-0.05, 0) is 38.3 Å². The van der Waals surface area contributed by atoms with Gasteiger partial charge in [0.1, 0.15) is 0 Å². The van der Waals surface area contributed by atoms with Crippen molar-refractivity contribution in [3.8, 4) is 0 Å². The van der Waals surface area contributed by atoms with Crippen molar-refractivity contribution in [1.29, 1.82) is 0 Å². The second-order valence-corrected chi connectivity index (χ2v) is 5.27. The van der Waals surface area contributed by atoms with Gasteiger partial charge in [-0.2, -0.15) is 15.0 Å². The Balaban J connectivity index is 3.03. The number of hydrogen-bond donors (Lipinski definition) is 0. The van der Waals surface area contributed by atoms with E-state index >= 15 is 0 Å². The zero-order valence-corrected chi connectivity index (χ0v) is 14.0. The van der Waals surface area contributed by atoms with Crippen LogP contribution in [0.2, 0.25) is 5.28 Å². The molecule has 0 aliphatic rings. The molecule has 0 radical (unpaired) electrons. The topological polar surface area (TPSA) is 45.2 Å². The molecule has 0 spiro atoms. The largest absolute Gasteiger partial charge is 0.341 e. The minimum atomic E-state index is 0.263. The fourth-order valence-electron chi connectivity index (χ4n) is 1.98. The monoisotopic (exact) mass is 299 g/mol. The average Bonchev–Trinajstić information content (AvgIpc) is 2.45. The lowest BCUT2D eigenvalue weighted by atomic mass is 10.1. The lowest BCUT2D eigenvalue weighted by molar-refractivity contribution is 0.542. The molecular formula is C14H26ClN5. The predicted octanol–water partition coefficient (Wildman–Crippen LogP) is 3.24. The van der Waals surface area contributed by atoms with Crippen LogP contribution in [0.4, 0.5) is 11.9 Å². The zero-order valence-electron chi connectivity index (χ0n) is 13.2. The Bertz CT molecular complexity index is 409. The Labute approximate surface area is 127 Å². The van der Waals surface area contributed by atoms with E-state index in [0.717, 1.165) is 32.6 Å². The van der Waals surface area contributed by atoms with Gasteiger partial charge in [0, 0.05) is 26.2 Å². The maximum absolute atomic E-state index is 6.06. The van der Waals surface area contributed by atoms with Crippen LogP contribution in [0.1, 0.15) is 41.0 Å². The third kappa shape index (κ3) is 4.47. The van der Waals surface area contributed by atoms with Gasteiger partial charge in [0.25, 0.3) is 0 Å². The first-order valence-corrected chi connectivity index (χ1v) is 7.84. The van der Waals surface area contributed by atoms with Crippen LogP contribution in [0.15, 0.2) is 0 Å². The Morgan fingerprint density at radius 3 is 1.85 bits per heavy atom. The van der Waals surface area contributed by atoms with E-state index in [9.17, 15) is 0 Å². The molecule has 1 heterocycles. The molecule has 0 aliphatic heterocycles. The van der Waals surface area contributed by atoms with Gasteiger partial charge in [-0.1, -0.05) is 20.3 Å². The molecule has 0 saturated carbocycles. The predicted molar refractivity (Wildman–Crippen MR) is 85.7 cm³/mol. The maximum atomic E-state index is 6.06. The molecule has 0 aliphatic carbocycles. The molecule has 0 amide bonds. The second kappa shape index (κ2) is 8.25. The minimum absolute atomic E-state index is 0.263. The number of halogens is 1. The molecule has 1 aromatic rings. The highest BCUT2D eigenvalue weighted by molar-refractivity contribution is 6.28. The van der Waals surface area contributed by atoms with Crippen LogP contribution in [0.5, 0.6) is 0 Å². The van der Waals surface area contributed by atoms with Gasteiger partial charge in [0.05, 0.1) is 0 Å². The number of nitrogens with zero attached hydrogens (tertiary/aromatic N) is 5. The fourth-order valence-corrected chi connectivity index (χ4v) is 2.13. The van der Waals surface area contributed by atoms with Crippen molar-refractivity contribution in [3.63, 3.8) is 0 Å². The molecule has 0 saturated heterocycles. The van der Waals surface area contributed by atoms with Gasteiger partial charge in [0.15, 0.2) is 0 Å². The number of anilines is 2. The van der Waals surface area contributed by atoms with Crippen LogP contribution in [-0.2, 0) is 0 Å². The van der Waals surface area contributed by atoms with Crippen LogP contribution in [0, 0.1) is 5.92 Å². The Morgan fingerprint density at radius 1 is 0.900 bits per heavy atom. The van der Waals surface area contributed by atoms with Gasteiger partial charge in [-0.3, -0.25) is 0 Å². The lowest BCUT2D eigenvalue weighted by Crippen LogP contribution is -2.31. The number of aromatic nitrogens is 3. The second-order valence-electron chi connectivity index (χ2n) is 4.93. The third-order valence-electron chi connectivity index (χ3n) is 3.52. The molecule has 0 fully saturated rings. The molecule has 6 heteroatoms. The normalized spacial score (nSPS) is 12.3. The number of hydrogen-bond acceptors (Lipinski definition) is 5. The molecule has 1 unspecified atom stereocenters. The lowest BCUT2D eigenvalue weighted by Gasteiger charge is -2.25. The van der Waals surface area contributed by atoms with E-state index in [1.807, 2.05) is 0 Å². The van der Waals surface area contributed by atoms with Crippen LogP contribution in [-0.4, -0.2) is 41.1 Å². The van der Waals surface area contributed by atoms with Crippen molar-refractivity contribution in [3.05, 3.63) is 5.28 Å². The smallest absolute Gasteiger partial charge is 0.231 e. The van der Waals surface area contributed by atoms with Gasteiger partial charge < -0.3 is 9.80 Å². The van der Waals surface area contributed by atoms with Gasteiger partial charge in [-0.15, -0.1) is 0 Å². The maximum Gasteiger partial charge on any atom is 0.231 e. The van der Waals surface area contributed by atoms with Gasteiger partial charge >= 0.3 is 0 Å². The van der Waals surface area contributed by atoms with Gasteiger partial charge in [0.2, 0.25) is 17.2 Å². The summed E-state index contributed by atoms with van der Waals surface area (Å²) in [6.07, 6.45) is 1.14. The first kappa shape index (κ1) is 17.0. The third-order valence-corrected chi connectivity index (χ3v) is 3.69. The zero-order chi connectivity index (χ0) is 15.1.